The van der Waals surface area contributed by atoms with Crippen LogP contribution in [0.5, 0.6) is 0 Å². The number of rotatable bonds is 5. The van der Waals surface area contributed by atoms with E-state index in [-0.39, 0.29) is 0 Å². The molecule has 8 rings (SSSR count). The number of fused-ring (bicyclic) bond motifs is 6. The molecule has 2 heterocycles. The lowest BCUT2D eigenvalue weighted by molar-refractivity contribution is 0.648. The summed E-state index contributed by atoms with van der Waals surface area (Å²) in [5, 5.41) is 5.14. The highest BCUT2D eigenvalue weighted by Crippen LogP contribution is 2.39. The molecule has 0 amide bonds. The third-order valence-corrected chi connectivity index (χ3v) is 8.73. The normalized spacial score (nSPS) is 15.3. The number of allylic oxidation sites excluding steroid dienone is 7. The lowest BCUT2D eigenvalue weighted by atomic mass is 10.00. The minimum Gasteiger partial charge on any atom is -0.333 e. The molecule has 0 bridgehead atoms. The maximum absolute atomic E-state index is 2.51. The molecule has 1 unspecified atom stereocenters. The summed E-state index contributed by atoms with van der Waals surface area (Å²) in [6, 6.07) is 40.6. The van der Waals surface area contributed by atoms with Crippen LogP contribution >= 0.6 is 0 Å². The van der Waals surface area contributed by atoms with Crippen LogP contribution in [-0.4, -0.2) is 9.13 Å². The minimum atomic E-state index is 0.330. The highest BCUT2D eigenvalue weighted by molar-refractivity contribution is 6.12. The molecule has 1 atom stereocenters. The van der Waals surface area contributed by atoms with E-state index in [1.807, 2.05) is 6.92 Å². The van der Waals surface area contributed by atoms with Gasteiger partial charge in [0.1, 0.15) is 0 Å². The van der Waals surface area contributed by atoms with E-state index in [2.05, 4.69) is 167 Å². The molecule has 0 fully saturated rings. The lowest BCUT2D eigenvalue weighted by Gasteiger charge is -2.18. The average molecular weight is 553 g/mol. The van der Waals surface area contributed by atoms with Crippen LogP contribution in [0, 0.1) is 0 Å². The van der Waals surface area contributed by atoms with Crippen LogP contribution in [0.25, 0.3) is 66.5 Å². The summed E-state index contributed by atoms with van der Waals surface area (Å²) < 4.78 is 4.90. The van der Waals surface area contributed by atoms with Gasteiger partial charge < -0.3 is 9.13 Å². The van der Waals surface area contributed by atoms with Crippen LogP contribution in [0.4, 0.5) is 0 Å². The molecule has 0 saturated carbocycles. The third-order valence-electron chi connectivity index (χ3n) is 8.73. The van der Waals surface area contributed by atoms with Crippen LogP contribution in [0.3, 0.4) is 0 Å². The van der Waals surface area contributed by atoms with Gasteiger partial charge in [0.05, 0.1) is 17.1 Å². The van der Waals surface area contributed by atoms with Crippen LogP contribution < -0.4 is 0 Å². The SMILES string of the molecule is C/C=C\C=C/c1ccc2c3cc(-c4ccc5c(c4)c4ccccc4n5C4C=CC=CC4)ccc3n(-c3ccccc3)c2c1. The summed E-state index contributed by atoms with van der Waals surface area (Å²) >= 11 is 0. The van der Waals surface area contributed by atoms with E-state index in [0.29, 0.717) is 6.04 Å². The van der Waals surface area contributed by atoms with Gasteiger partial charge in [-0.25, -0.2) is 0 Å². The van der Waals surface area contributed by atoms with E-state index >= 15 is 0 Å². The van der Waals surface area contributed by atoms with Gasteiger partial charge in [0.2, 0.25) is 0 Å². The molecule has 0 radical (unpaired) electrons. The van der Waals surface area contributed by atoms with Gasteiger partial charge >= 0.3 is 0 Å². The number of hydrogen-bond acceptors (Lipinski definition) is 0. The molecule has 7 aromatic rings. The monoisotopic (exact) mass is 552 g/mol. The zero-order chi connectivity index (χ0) is 28.8. The van der Waals surface area contributed by atoms with Crippen molar-refractivity contribution in [3.05, 3.63) is 157 Å². The molecule has 1 aliphatic rings. The fourth-order valence-electron chi connectivity index (χ4n) is 6.75. The Labute approximate surface area is 251 Å². The van der Waals surface area contributed by atoms with Crippen molar-refractivity contribution in [1.82, 2.24) is 9.13 Å². The molecule has 0 N–H and O–H groups in total. The maximum atomic E-state index is 2.51. The predicted octanol–water partition coefficient (Wildman–Crippen LogP) is 11.2. The molecule has 2 nitrogen and oxygen atoms in total. The van der Waals surface area contributed by atoms with Gasteiger partial charge in [0, 0.05) is 38.3 Å². The second kappa shape index (κ2) is 10.5. The Morgan fingerprint density at radius 3 is 2.12 bits per heavy atom. The first-order valence-electron chi connectivity index (χ1n) is 15.1. The summed E-state index contributed by atoms with van der Waals surface area (Å²) in [4.78, 5) is 0. The molecule has 5 aromatic carbocycles. The second-order valence-electron chi connectivity index (χ2n) is 11.3. The van der Waals surface area contributed by atoms with E-state index in [4.69, 9.17) is 0 Å². The van der Waals surface area contributed by atoms with Gasteiger partial charge in [-0.05, 0) is 78.6 Å². The smallest absolute Gasteiger partial charge is 0.0560 e. The molecule has 2 heteroatoms. The Balaban J connectivity index is 1.32. The molecule has 206 valence electrons. The lowest BCUT2D eigenvalue weighted by Crippen LogP contribution is -2.06. The number of benzene rings is 5. The molecule has 2 aromatic heterocycles. The van der Waals surface area contributed by atoms with E-state index in [0.717, 1.165) is 6.42 Å². The molecule has 0 aliphatic heterocycles. The number of nitrogens with zero attached hydrogens (tertiary/aromatic N) is 2. The Hall–Kier alpha value is -5.34. The Morgan fingerprint density at radius 2 is 1.33 bits per heavy atom. The van der Waals surface area contributed by atoms with E-state index in [1.165, 1.54) is 66.0 Å². The summed E-state index contributed by atoms with van der Waals surface area (Å²) in [6.45, 7) is 2.04. The summed E-state index contributed by atoms with van der Waals surface area (Å²) in [5.74, 6) is 0. The van der Waals surface area contributed by atoms with E-state index < -0.39 is 0 Å². The summed E-state index contributed by atoms with van der Waals surface area (Å²) in [5.41, 5.74) is 9.85. The molecular formula is C41H32N2. The highest BCUT2D eigenvalue weighted by atomic mass is 15.0. The minimum absolute atomic E-state index is 0.330. The Kier molecular flexibility index (Phi) is 6.19. The Bertz CT molecular complexity index is 2270. The van der Waals surface area contributed by atoms with Crippen LogP contribution in [0.1, 0.15) is 24.9 Å². The van der Waals surface area contributed by atoms with Crippen LogP contribution in [0.2, 0.25) is 0 Å². The average Bonchev–Trinajstić information content (AvgIpc) is 3.57. The highest BCUT2D eigenvalue weighted by Gasteiger charge is 2.18. The van der Waals surface area contributed by atoms with Crippen LogP contribution in [-0.2, 0) is 0 Å². The molecular weight excluding hydrogens is 520 g/mol. The third kappa shape index (κ3) is 4.26. The van der Waals surface area contributed by atoms with Gasteiger partial charge in [0.15, 0.2) is 0 Å². The first-order valence-corrected chi connectivity index (χ1v) is 15.1. The Morgan fingerprint density at radius 1 is 0.605 bits per heavy atom. The number of aromatic nitrogens is 2. The first kappa shape index (κ1) is 25.4. The van der Waals surface area contributed by atoms with Gasteiger partial charge in [0.25, 0.3) is 0 Å². The quantitative estimate of drug-likeness (QED) is 0.188. The first-order chi connectivity index (χ1) is 21.3. The van der Waals surface area contributed by atoms with Gasteiger partial charge in [-0.3, -0.25) is 0 Å². The largest absolute Gasteiger partial charge is 0.333 e. The predicted molar refractivity (Wildman–Crippen MR) is 185 cm³/mol. The van der Waals surface area contributed by atoms with Crippen molar-refractivity contribution in [3.8, 4) is 16.8 Å². The zero-order valence-electron chi connectivity index (χ0n) is 24.2. The molecule has 1 aliphatic carbocycles. The summed E-state index contributed by atoms with van der Waals surface area (Å²) in [7, 11) is 0. The maximum Gasteiger partial charge on any atom is 0.0560 e. The van der Waals surface area contributed by atoms with E-state index in [1.54, 1.807) is 0 Å². The van der Waals surface area contributed by atoms with E-state index in [9.17, 15) is 0 Å². The van der Waals surface area contributed by atoms with Crippen molar-refractivity contribution in [3.63, 3.8) is 0 Å². The fourth-order valence-corrected chi connectivity index (χ4v) is 6.75. The summed E-state index contributed by atoms with van der Waals surface area (Å²) in [6.07, 6.45) is 18.3. The van der Waals surface area contributed by atoms with Crippen LogP contribution in [0.15, 0.2) is 152 Å². The van der Waals surface area contributed by atoms with Crippen molar-refractivity contribution >= 4 is 49.7 Å². The molecule has 0 spiro atoms. The van der Waals surface area contributed by atoms with Gasteiger partial charge in [-0.15, -0.1) is 0 Å². The topological polar surface area (TPSA) is 9.86 Å². The standard InChI is InChI=1S/C41H32N2/c1-2-3-6-13-29-20-23-35-37-28-31(22-25-40(37)43(41(35)26-29)33-16-9-5-10-17-33)30-21-24-39-36(27-30)34-18-11-12-19-38(34)42(39)32-14-7-4-8-15-32/h2-14,16-28,32H,15H2,1H3/b3-2-,13-6-. The van der Waals surface area contributed by atoms with Crippen molar-refractivity contribution < 1.29 is 0 Å². The van der Waals surface area contributed by atoms with Gasteiger partial charge in [-0.2, -0.15) is 0 Å². The zero-order valence-corrected chi connectivity index (χ0v) is 24.2. The number of hydrogen-bond donors (Lipinski definition) is 0. The van der Waals surface area contributed by atoms with Gasteiger partial charge in [-0.1, -0.05) is 109 Å². The van der Waals surface area contributed by atoms with Crippen molar-refractivity contribution in [2.24, 2.45) is 0 Å². The van der Waals surface area contributed by atoms with Crippen molar-refractivity contribution in [2.75, 3.05) is 0 Å². The second-order valence-corrected chi connectivity index (χ2v) is 11.3. The fraction of sp³-hybridized carbons (Fsp3) is 0.0732. The molecule has 0 saturated heterocycles. The van der Waals surface area contributed by atoms with Crippen molar-refractivity contribution in [2.45, 2.75) is 19.4 Å². The number of para-hydroxylation sites is 2. The molecule has 43 heavy (non-hydrogen) atoms. The van der Waals surface area contributed by atoms with Crippen molar-refractivity contribution in [1.29, 1.82) is 0 Å².